The predicted molar refractivity (Wildman–Crippen MR) is 90.6 cm³/mol. The van der Waals surface area contributed by atoms with Crippen molar-refractivity contribution in [3.8, 4) is 0 Å². The van der Waals surface area contributed by atoms with Gasteiger partial charge >= 0.3 is 0 Å². The van der Waals surface area contributed by atoms with Crippen molar-refractivity contribution < 1.29 is 9.59 Å². The maximum atomic E-state index is 12.2. The molecule has 3 rings (SSSR count). The van der Waals surface area contributed by atoms with E-state index in [-0.39, 0.29) is 11.8 Å². The fraction of sp³-hybridized carbons (Fsp3) is 0.500. The number of nitrogens with zero attached hydrogens (tertiary/aromatic N) is 2. The smallest absolute Gasteiger partial charge is 0.253 e. The van der Waals surface area contributed by atoms with Crippen LogP contribution in [0.2, 0.25) is 0 Å². The summed E-state index contributed by atoms with van der Waals surface area (Å²) in [6.45, 7) is 2.60. The van der Waals surface area contributed by atoms with Gasteiger partial charge in [-0.3, -0.25) is 9.59 Å². The molecule has 1 N–H and O–H groups in total. The molecule has 1 aromatic rings. The van der Waals surface area contributed by atoms with Crippen LogP contribution < -0.4 is 10.3 Å². The highest BCUT2D eigenvalue weighted by atomic mass is 16.2. The third kappa shape index (κ3) is 3.78. The highest BCUT2D eigenvalue weighted by Crippen LogP contribution is 2.23. The molecule has 1 saturated carbocycles. The van der Waals surface area contributed by atoms with Crippen LogP contribution in [0.4, 0.5) is 5.69 Å². The van der Waals surface area contributed by atoms with Gasteiger partial charge in [0.1, 0.15) is 0 Å². The topological polar surface area (TPSA) is 61.8 Å². The summed E-state index contributed by atoms with van der Waals surface area (Å²) in [5.41, 5.74) is 2.14. The van der Waals surface area contributed by atoms with Crippen molar-refractivity contribution in [3.63, 3.8) is 0 Å². The van der Waals surface area contributed by atoms with Gasteiger partial charge < -0.3 is 5.32 Å². The third-order valence-corrected chi connectivity index (χ3v) is 4.56. The molecule has 0 atom stereocenters. The number of anilines is 1. The molecule has 5 heteroatoms. The van der Waals surface area contributed by atoms with Crippen LogP contribution in [0.25, 0.3) is 0 Å². The minimum Gasteiger partial charge on any atom is -0.352 e. The Balaban J connectivity index is 1.58. The molecule has 23 heavy (non-hydrogen) atoms. The lowest BCUT2D eigenvalue weighted by Crippen LogP contribution is -2.30. The number of carbonyl (C=O) groups excluding carboxylic acids is 2. The van der Waals surface area contributed by atoms with Crippen LogP contribution in [-0.2, 0) is 4.79 Å². The normalized spacial score (nSPS) is 18.9. The Labute approximate surface area is 136 Å². The molecular formula is C18H23N3O2. The Hall–Kier alpha value is -2.17. The molecule has 0 saturated heterocycles. The first kappa shape index (κ1) is 15.7. The highest BCUT2D eigenvalue weighted by Gasteiger charge is 2.22. The molecule has 1 aromatic carbocycles. The summed E-state index contributed by atoms with van der Waals surface area (Å²) in [5.74, 6) is 0.540. The summed E-state index contributed by atoms with van der Waals surface area (Å²) in [5, 5.41) is 8.64. The van der Waals surface area contributed by atoms with Crippen molar-refractivity contribution in [1.82, 2.24) is 5.32 Å². The van der Waals surface area contributed by atoms with Crippen LogP contribution in [0.3, 0.4) is 0 Å². The van der Waals surface area contributed by atoms with Crippen molar-refractivity contribution in [1.29, 1.82) is 0 Å². The second-order valence-electron chi connectivity index (χ2n) is 6.48. The van der Waals surface area contributed by atoms with Crippen LogP contribution in [-0.4, -0.2) is 24.1 Å². The first-order valence-corrected chi connectivity index (χ1v) is 8.39. The quantitative estimate of drug-likeness (QED) is 0.928. The van der Waals surface area contributed by atoms with Gasteiger partial charge in [0.25, 0.3) is 11.8 Å². The van der Waals surface area contributed by atoms with E-state index in [1.807, 2.05) is 6.92 Å². The summed E-state index contributed by atoms with van der Waals surface area (Å²) in [6.07, 6.45) is 6.67. The first-order valence-electron chi connectivity index (χ1n) is 8.39. The number of carbonyl (C=O) groups is 2. The predicted octanol–water partition coefficient (Wildman–Crippen LogP) is 3.11. The van der Waals surface area contributed by atoms with Crippen molar-refractivity contribution in [2.24, 2.45) is 11.0 Å². The Bertz CT molecular complexity index is 616. The molecule has 122 valence electrons. The van der Waals surface area contributed by atoms with Gasteiger partial charge in [0, 0.05) is 17.8 Å². The molecule has 2 amide bonds. The van der Waals surface area contributed by atoms with E-state index < -0.39 is 0 Å². The third-order valence-electron chi connectivity index (χ3n) is 4.56. The van der Waals surface area contributed by atoms with Gasteiger partial charge in [-0.25, -0.2) is 5.01 Å². The molecule has 1 aliphatic heterocycles. The van der Waals surface area contributed by atoms with E-state index in [0.717, 1.165) is 12.3 Å². The van der Waals surface area contributed by atoms with E-state index >= 15 is 0 Å². The monoisotopic (exact) mass is 313 g/mol. The summed E-state index contributed by atoms with van der Waals surface area (Å²) in [7, 11) is 0. The number of benzene rings is 1. The SMILES string of the molecule is CC1=NN(c2ccc(C(=O)NCC3CCCCC3)cc2)C(=O)C1. The zero-order valence-corrected chi connectivity index (χ0v) is 13.5. The van der Waals surface area contributed by atoms with Gasteiger partial charge in [-0.1, -0.05) is 19.3 Å². The first-order chi connectivity index (χ1) is 11.1. The van der Waals surface area contributed by atoms with Crippen LogP contribution in [0.15, 0.2) is 29.4 Å². The van der Waals surface area contributed by atoms with E-state index in [9.17, 15) is 9.59 Å². The summed E-state index contributed by atoms with van der Waals surface area (Å²) < 4.78 is 0. The van der Waals surface area contributed by atoms with Crippen LogP contribution in [0, 0.1) is 5.92 Å². The molecule has 2 aliphatic rings. The molecule has 0 radical (unpaired) electrons. The average molecular weight is 313 g/mol. The molecule has 0 aromatic heterocycles. The zero-order valence-electron chi connectivity index (χ0n) is 13.5. The number of hydrogen-bond donors (Lipinski definition) is 1. The highest BCUT2D eigenvalue weighted by molar-refractivity contribution is 6.12. The van der Waals surface area contributed by atoms with Crippen molar-refractivity contribution in [2.75, 3.05) is 11.6 Å². The molecule has 5 nitrogen and oxygen atoms in total. The standard InChI is InChI=1S/C18H23N3O2/c1-13-11-17(22)21(20-13)16-9-7-15(8-10-16)18(23)19-12-14-5-3-2-4-6-14/h7-10,14H,2-6,11-12H2,1H3,(H,19,23). The van der Waals surface area contributed by atoms with Crippen molar-refractivity contribution in [3.05, 3.63) is 29.8 Å². The zero-order chi connectivity index (χ0) is 16.2. The lowest BCUT2D eigenvalue weighted by atomic mass is 9.89. The van der Waals surface area contributed by atoms with Gasteiger partial charge in [0.15, 0.2) is 0 Å². The van der Waals surface area contributed by atoms with Crippen LogP contribution in [0.1, 0.15) is 55.8 Å². The van der Waals surface area contributed by atoms with Gasteiger partial charge in [-0.05, 0) is 49.9 Å². The molecular weight excluding hydrogens is 290 g/mol. The number of hydrazone groups is 1. The van der Waals surface area contributed by atoms with E-state index in [2.05, 4.69) is 10.4 Å². The van der Waals surface area contributed by atoms with E-state index in [0.29, 0.717) is 23.6 Å². The molecule has 0 bridgehead atoms. The Morgan fingerprint density at radius 2 is 1.91 bits per heavy atom. The van der Waals surface area contributed by atoms with Gasteiger partial charge in [0.2, 0.25) is 0 Å². The molecule has 1 aliphatic carbocycles. The number of rotatable bonds is 4. The van der Waals surface area contributed by atoms with Gasteiger partial charge in [-0.2, -0.15) is 5.10 Å². The van der Waals surface area contributed by atoms with Crippen molar-refractivity contribution in [2.45, 2.75) is 45.4 Å². The second kappa shape index (κ2) is 6.94. The molecule has 1 heterocycles. The van der Waals surface area contributed by atoms with Crippen LogP contribution in [0.5, 0.6) is 0 Å². The summed E-state index contributed by atoms with van der Waals surface area (Å²) in [4.78, 5) is 24.0. The number of amides is 2. The maximum absolute atomic E-state index is 12.2. The number of hydrogen-bond acceptors (Lipinski definition) is 3. The van der Waals surface area contributed by atoms with Crippen molar-refractivity contribution >= 4 is 23.2 Å². The summed E-state index contributed by atoms with van der Waals surface area (Å²) >= 11 is 0. The van der Waals surface area contributed by atoms with Gasteiger partial charge in [-0.15, -0.1) is 0 Å². The Morgan fingerprint density at radius 1 is 1.22 bits per heavy atom. The largest absolute Gasteiger partial charge is 0.352 e. The molecule has 1 fully saturated rings. The van der Waals surface area contributed by atoms with E-state index in [4.69, 9.17) is 0 Å². The molecule has 0 unspecified atom stereocenters. The average Bonchev–Trinajstić information content (AvgIpc) is 2.92. The second-order valence-corrected chi connectivity index (χ2v) is 6.48. The maximum Gasteiger partial charge on any atom is 0.253 e. The van der Waals surface area contributed by atoms with E-state index in [1.165, 1.54) is 37.1 Å². The Kier molecular flexibility index (Phi) is 4.74. The minimum atomic E-state index is -0.0467. The lowest BCUT2D eigenvalue weighted by Gasteiger charge is -2.21. The summed E-state index contributed by atoms with van der Waals surface area (Å²) in [6, 6.07) is 7.05. The Morgan fingerprint density at radius 3 is 2.52 bits per heavy atom. The molecule has 0 spiro atoms. The number of nitrogens with one attached hydrogen (secondary N) is 1. The van der Waals surface area contributed by atoms with Crippen LogP contribution >= 0.6 is 0 Å². The van der Waals surface area contributed by atoms with E-state index in [1.54, 1.807) is 24.3 Å². The minimum absolute atomic E-state index is 0.0306. The lowest BCUT2D eigenvalue weighted by molar-refractivity contribution is -0.116. The fourth-order valence-electron chi connectivity index (χ4n) is 3.24. The van der Waals surface area contributed by atoms with Gasteiger partial charge in [0.05, 0.1) is 12.1 Å². The fourth-order valence-corrected chi connectivity index (χ4v) is 3.24.